The monoisotopic (exact) mass is 341 g/mol. The quantitative estimate of drug-likeness (QED) is 0.932. The van der Waals surface area contributed by atoms with Crippen molar-refractivity contribution in [1.29, 1.82) is 0 Å². The van der Waals surface area contributed by atoms with Gasteiger partial charge in [0.05, 0.1) is 13.2 Å². The SMILES string of the molecule is NC1CCC(C(=O)n2cc3ccc(CN4CCOCC4)cc3c2)CC1. The molecule has 0 radical (unpaired) electrons. The van der Waals surface area contributed by atoms with E-state index in [0.717, 1.165) is 69.3 Å². The Balaban J connectivity index is 1.48. The lowest BCUT2D eigenvalue weighted by Gasteiger charge is -2.26. The minimum atomic E-state index is 0.120. The Hall–Kier alpha value is -1.69. The normalized spacial score (nSPS) is 25.3. The zero-order chi connectivity index (χ0) is 17.2. The molecule has 2 aliphatic rings. The number of nitrogens with two attached hydrogens (primary N) is 1. The van der Waals surface area contributed by atoms with Crippen molar-refractivity contribution in [2.45, 2.75) is 38.3 Å². The Bertz CT molecular complexity index is 740. The van der Waals surface area contributed by atoms with Crippen LogP contribution < -0.4 is 5.73 Å². The number of rotatable bonds is 3. The van der Waals surface area contributed by atoms with Crippen LogP contribution in [-0.2, 0) is 11.3 Å². The lowest BCUT2D eigenvalue weighted by Crippen LogP contribution is -2.35. The Morgan fingerprint density at radius 2 is 1.80 bits per heavy atom. The Morgan fingerprint density at radius 1 is 1.08 bits per heavy atom. The van der Waals surface area contributed by atoms with Crippen molar-refractivity contribution in [3.63, 3.8) is 0 Å². The summed E-state index contributed by atoms with van der Waals surface area (Å²) in [5, 5.41) is 2.28. The fourth-order valence-electron chi connectivity index (χ4n) is 4.01. The highest BCUT2D eigenvalue weighted by molar-refractivity contribution is 5.90. The van der Waals surface area contributed by atoms with Gasteiger partial charge in [-0.2, -0.15) is 0 Å². The summed E-state index contributed by atoms with van der Waals surface area (Å²) in [6.07, 6.45) is 7.72. The summed E-state index contributed by atoms with van der Waals surface area (Å²) in [6, 6.07) is 6.79. The molecule has 2 N–H and O–H groups in total. The molecule has 5 heteroatoms. The van der Waals surface area contributed by atoms with Gasteiger partial charge in [-0.05, 0) is 42.7 Å². The molecule has 0 unspecified atom stereocenters. The Kier molecular flexibility index (Phi) is 4.88. The zero-order valence-corrected chi connectivity index (χ0v) is 14.7. The molecule has 134 valence electrons. The maximum absolute atomic E-state index is 12.8. The summed E-state index contributed by atoms with van der Waals surface area (Å²) in [6.45, 7) is 4.55. The van der Waals surface area contributed by atoms with E-state index in [1.165, 1.54) is 5.56 Å². The number of carbonyl (C=O) groups is 1. The number of hydrogen-bond acceptors (Lipinski definition) is 4. The van der Waals surface area contributed by atoms with Crippen molar-refractivity contribution in [2.24, 2.45) is 11.7 Å². The molecule has 0 amide bonds. The van der Waals surface area contributed by atoms with Crippen LogP contribution in [0.1, 0.15) is 36.0 Å². The molecular weight excluding hydrogens is 314 g/mol. The molecule has 2 aromatic rings. The molecule has 5 nitrogen and oxygen atoms in total. The molecule has 25 heavy (non-hydrogen) atoms. The number of morpholine rings is 1. The van der Waals surface area contributed by atoms with Gasteiger partial charge in [-0.3, -0.25) is 14.3 Å². The van der Waals surface area contributed by atoms with Crippen LogP contribution in [0.15, 0.2) is 30.6 Å². The molecule has 0 atom stereocenters. The fourth-order valence-corrected chi connectivity index (χ4v) is 4.01. The van der Waals surface area contributed by atoms with Crippen molar-refractivity contribution >= 4 is 16.7 Å². The number of ether oxygens (including phenoxy) is 1. The first-order valence-electron chi connectivity index (χ1n) is 9.39. The van der Waals surface area contributed by atoms with Crippen LogP contribution in [0.4, 0.5) is 0 Å². The summed E-state index contributed by atoms with van der Waals surface area (Å²) in [4.78, 5) is 15.2. The average Bonchev–Trinajstić information content (AvgIpc) is 3.06. The second-order valence-corrected chi connectivity index (χ2v) is 7.47. The first kappa shape index (κ1) is 16.8. The minimum absolute atomic E-state index is 0.120. The molecule has 0 spiro atoms. The number of benzene rings is 1. The smallest absolute Gasteiger partial charge is 0.233 e. The molecule has 4 rings (SSSR count). The number of carbonyl (C=O) groups excluding carboxylic acids is 1. The second-order valence-electron chi connectivity index (χ2n) is 7.47. The van der Waals surface area contributed by atoms with E-state index in [4.69, 9.17) is 10.5 Å². The van der Waals surface area contributed by atoms with Gasteiger partial charge < -0.3 is 10.5 Å². The Labute approximate surface area is 148 Å². The number of nitrogens with zero attached hydrogens (tertiary/aromatic N) is 2. The van der Waals surface area contributed by atoms with Crippen molar-refractivity contribution < 1.29 is 9.53 Å². The maximum Gasteiger partial charge on any atom is 0.233 e. The van der Waals surface area contributed by atoms with Crippen LogP contribution in [0.2, 0.25) is 0 Å². The topological polar surface area (TPSA) is 60.5 Å². The highest BCUT2D eigenvalue weighted by Gasteiger charge is 2.25. The molecule has 1 aromatic carbocycles. The maximum atomic E-state index is 12.8. The first-order valence-corrected chi connectivity index (χ1v) is 9.39. The van der Waals surface area contributed by atoms with Crippen molar-refractivity contribution in [1.82, 2.24) is 9.47 Å². The van der Waals surface area contributed by atoms with Gasteiger partial charge in [0.1, 0.15) is 0 Å². The summed E-state index contributed by atoms with van der Waals surface area (Å²) < 4.78 is 7.21. The molecular formula is C20H27N3O2. The predicted molar refractivity (Wildman–Crippen MR) is 98.6 cm³/mol. The lowest BCUT2D eigenvalue weighted by atomic mass is 9.86. The predicted octanol–water partition coefficient (Wildman–Crippen LogP) is 2.63. The number of fused-ring (bicyclic) bond motifs is 1. The zero-order valence-electron chi connectivity index (χ0n) is 14.7. The summed E-state index contributed by atoms with van der Waals surface area (Å²) in [5.74, 6) is 0.340. The number of aromatic nitrogens is 1. The standard InChI is InChI=1S/C20H27N3O2/c21-19-5-3-16(4-6-19)20(24)23-13-17-2-1-15(11-18(17)14-23)12-22-7-9-25-10-8-22/h1-2,11,13-14,16,19H,3-10,12,21H2. The fraction of sp³-hybridized carbons (Fsp3) is 0.550. The molecule has 1 aliphatic heterocycles. The molecule has 1 saturated heterocycles. The van der Waals surface area contributed by atoms with E-state index in [9.17, 15) is 4.79 Å². The van der Waals surface area contributed by atoms with Gasteiger partial charge in [-0.1, -0.05) is 12.1 Å². The lowest BCUT2D eigenvalue weighted by molar-refractivity contribution is 0.0342. The van der Waals surface area contributed by atoms with Gasteiger partial charge in [0.15, 0.2) is 0 Å². The van der Waals surface area contributed by atoms with Crippen molar-refractivity contribution in [3.8, 4) is 0 Å². The molecule has 1 aromatic heterocycles. The van der Waals surface area contributed by atoms with E-state index in [-0.39, 0.29) is 17.9 Å². The largest absolute Gasteiger partial charge is 0.379 e. The molecule has 1 saturated carbocycles. The summed E-state index contributed by atoms with van der Waals surface area (Å²) in [7, 11) is 0. The van der Waals surface area contributed by atoms with Gasteiger partial charge in [-0.15, -0.1) is 0 Å². The molecule has 0 bridgehead atoms. The Morgan fingerprint density at radius 3 is 2.56 bits per heavy atom. The first-order chi connectivity index (χ1) is 12.2. The van der Waals surface area contributed by atoms with E-state index < -0.39 is 0 Å². The van der Waals surface area contributed by atoms with E-state index in [2.05, 4.69) is 23.1 Å². The van der Waals surface area contributed by atoms with E-state index >= 15 is 0 Å². The van der Waals surface area contributed by atoms with Crippen molar-refractivity contribution in [3.05, 3.63) is 36.2 Å². The van der Waals surface area contributed by atoms with Crippen LogP contribution in [0.3, 0.4) is 0 Å². The third-order valence-corrected chi connectivity index (χ3v) is 5.59. The van der Waals surface area contributed by atoms with Gasteiger partial charge in [0.25, 0.3) is 0 Å². The van der Waals surface area contributed by atoms with E-state index in [0.29, 0.717) is 0 Å². The third-order valence-electron chi connectivity index (χ3n) is 5.59. The molecule has 2 fully saturated rings. The minimum Gasteiger partial charge on any atom is -0.379 e. The molecule has 2 heterocycles. The summed E-state index contributed by atoms with van der Waals surface area (Å²) >= 11 is 0. The van der Waals surface area contributed by atoms with Gasteiger partial charge in [0, 0.05) is 49.4 Å². The number of hydrogen-bond donors (Lipinski definition) is 1. The van der Waals surface area contributed by atoms with Crippen molar-refractivity contribution in [2.75, 3.05) is 26.3 Å². The van der Waals surface area contributed by atoms with Crippen LogP contribution in [0.25, 0.3) is 10.8 Å². The van der Waals surface area contributed by atoms with Gasteiger partial charge in [0.2, 0.25) is 5.91 Å². The van der Waals surface area contributed by atoms with Gasteiger partial charge >= 0.3 is 0 Å². The highest BCUT2D eigenvalue weighted by Crippen LogP contribution is 2.26. The summed E-state index contributed by atoms with van der Waals surface area (Å²) in [5.41, 5.74) is 7.26. The van der Waals surface area contributed by atoms with E-state index in [1.807, 2.05) is 12.4 Å². The highest BCUT2D eigenvalue weighted by atomic mass is 16.5. The van der Waals surface area contributed by atoms with E-state index in [1.54, 1.807) is 4.57 Å². The van der Waals surface area contributed by atoms with Crippen LogP contribution in [-0.4, -0.2) is 47.7 Å². The second kappa shape index (κ2) is 7.28. The van der Waals surface area contributed by atoms with Crippen LogP contribution in [0.5, 0.6) is 0 Å². The van der Waals surface area contributed by atoms with Gasteiger partial charge in [-0.25, -0.2) is 0 Å². The van der Waals surface area contributed by atoms with Crippen LogP contribution in [0, 0.1) is 5.92 Å². The average molecular weight is 341 g/mol. The van der Waals surface area contributed by atoms with Crippen LogP contribution >= 0.6 is 0 Å². The molecule has 1 aliphatic carbocycles. The third kappa shape index (κ3) is 3.78.